The molecule has 0 unspecified atom stereocenters. The first kappa shape index (κ1) is 12.8. The van der Waals surface area contributed by atoms with Crippen LogP contribution in [-0.4, -0.2) is 17.5 Å². The van der Waals surface area contributed by atoms with Crippen LogP contribution in [0.25, 0.3) is 0 Å². The van der Waals surface area contributed by atoms with Crippen molar-refractivity contribution in [2.24, 2.45) is 4.36 Å². The average Bonchev–Trinajstić information content (AvgIpc) is 2.38. The molecule has 2 aromatic rings. The molecule has 18 heavy (non-hydrogen) atoms. The highest BCUT2D eigenvalue weighted by molar-refractivity contribution is 7.85. The molecule has 0 spiro atoms. The Morgan fingerprint density at radius 3 is 2.61 bits per heavy atom. The van der Waals surface area contributed by atoms with Gasteiger partial charge < -0.3 is 4.74 Å². The molecule has 0 amide bonds. The molecule has 0 atom stereocenters. The fraction of sp³-hybridized carbons (Fsp3) is 0.214. The molecule has 0 N–H and O–H groups in total. The van der Waals surface area contributed by atoms with Gasteiger partial charge in [-0.2, -0.15) is 0 Å². The Morgan fingerprint density at radius 2 is 1.89 bits per heavy atom. The summed E-state index contributed by atoms with van der Waals surface area (Å²) in [5, 5.41) is 0. The molecule has 0 bridgehead atoms. The number of ether oxygens (including phenoxy) is 1. The molecule has 1 heterocycles. The van der Waals surface area contributed by atoms with E-state index >= 15 is 0 Å². The summed E-state index contributed by atoms with van der Waals surface area (Å²) in [6.45, 7) is 0.538. The van der Waals surface area contributed by atoms with E-state index in [2.05, 4.69) is 21.9 Å². The van der Waals surface area contributed by atoms with E-state index in [4.69, 9.17) is 4.74 Å². The molecule has 3 nitrogen and oxygen atoms in total. The lowest BCUT2D eigenvalue weighted by Gasteiger charge is -2.08. The van der Waals surface area contributed by atoms with Crippen molar-refractivity contribution in [3.05, 3.63) is 54.2 Å². The number of hydrogen-bond donors (Lipinski definition) is 0. The van der Waals surface area contributed by atoms with Crippen LogP contribution < -0.4 is 4.74 Å². The summed E-state index contributed by atoms with van der Waals surface area (Å²) in [6, 6.07) is 13.8. The molecule has 0 aliphatic heterocycles. The molecule has 1 aromatic carbocycles. The highest BCUT2D eigenvalue weighted by Crippen LogP contribution is 2.25. The van der Waals surface area contributed by atoms with Crippen molar-refractivity contribution in [1.29, 1.82) is 0 Å². The van der Waals surface area contributed by atoms with E-state index in [1.54, 1.807) is 6.20 Å². The van der Waals surface area contributed by atoms with Gasteiger partial charge in [-0.1, -0.05) is 41.0 Å². The summed E-state index contributed by atoms with van der Waals surface area (Å²) in [5.74, 6) is 1.42. The lowest BCUT2D eigenvalue weighted by atomic mass is 10.2. The van der Waals surface area contributed by atoms with Crippen molar-refractivity contribution >= 4 is 16.5 Å². The maximum Gasteiger partial charge on any atom is 0.201 e. The van der Waals surface area contributed by atoms with Crippen molar-refractivity contribution in [2.75, 3.05) is 12.5 Å². The molecule has 1 aromatic heterocycles. The van der Waals surface area contributed by atoms with Gasteiger partial charge in [-0.25, -0.2) is 9.35 Å². The first-order chi connectivity index (χ1) is 8.75. The van der Waals surface area contributed by atoms with E-state index in [0.29, 0.717) is 12.4 Å². The Labute approximate surface area is 110 Å². The first-order valence-electron chi connectivity index (χ1n) is 5.67. The molecule has 0 radical (unpaired) electrons. The van der Waals surface area contributed by atoms with Gasteiger partial charge >= 0.3 is 0 Å². The maximum atomic E-state index is 5.77. The summed E-state index contributed by atoms with van der Waals surface area (Å²) >= 11 is 0. The zero-order valence-electron chi connectivity index (χ0n) is 10.5. The number of hydrogen-bond acceptors (Lipinski definition) is 3. The lowest BCUT2D eigenvalue weighted by Crippen LogP contribution is -1.96. The third-order valence-corrected chi connectivity index (χ3v) is 2.80. The Balaban J connectivity index is 2.12. The van der Waals surface area contributed by atoms with Crippen molar-refractivity contribution < 1.29 is 4.74 Å². The van der Waals surface area contributed by atoms with Crippen LogP contribution in [0.2, 0.25) is 0 Å². The maximum absolute atomic E-state index is 5.77. The topological polar surface area (TPSA) is 34.5 Å². The summed E-state index contributed by atoms with van der Waals surface area (Å²) < 4.78 is 10.2. The van der Waals surface area contributed by atoms with Crippen molar-refractivity contribution in [1.82, 2.24) is 4.98 Å². The SMILES string of the molecule is CS(C)=Nc1ncccc1OCc1ccccc1. The Bertz CT molecular complexity index is 537. The highest BCUT2D eigenvalue weighted by atomic mass is 32.2. The Hall–Kier alpha value is -1.68. The smallest absolute Gasteiger partial charge is 0.201 e. The highest BCUT2D eigenvalue weighted by Gasteiger charge is 2.03. The van der Waals surface area contributed by atoms with Crippen LogP contribution >= 0.6 is 0 Å². The molecule has 0 saturated heterocycles. The predicted octanol–water partition coefficient (Wildman–Crippen LogP) is 3.35. The normalized spacial score (nSPS) is 10.4. The standard InChI is InChI=1S/C14H16N2OS/c1-18(2)16-14-13(9-6-10-15-14)17-11-12-7-4-3-5-8-12/h3-10H,11H2,1-2H3. The number of pyridine rings is 1. The van der Waals surface area contributed by atoms with E-state index in [-0.39, 0.29) is 10.7 Å². The van der Waals surface area contributed by atoms with Gasteiger partial charge in [0.2, 0.25) is 5.82 Å². The van der Waals surface area contributed by atoms with Gasteiger partial charge in [0.15, 0.2) is 5.75 Å². The zero-order chi connectivity index (χ0) is 12.8. The lowest BCUT2D eigenvalue weighted by molar-refractivity contribution is 0.306. The van der Waals surface area contributed by atoms with E-state index in [0.717, 1.165) is 11.3 Å². The Morgan fingerprint density at radius 1 is 1.11 bits per heavy atom. The summed E-state index contributed by atoms with van der Waals surface area (Å²) in [6.07, 6.45) is 5.84. The van der Waals surface area contributed by atoms with Crippen LogP contribution in [0, 0.1) is 0 Å². The molecular weight excluding hydrogens is 244 g/mol. The molecule has 4 heteroatoms. The predicted molar refractivity (Wildman–Crippen MR) is 76.3 cm³/mol. The van der Waals surface area contributed by atoms with Crippen LogP contribution in [0.4, 0.5) is 5.82 Å². The van der Waals surface area contributed by atoms with E-state index in [1.165, 1.54) is 0 Å². The van der Waals surface area contributed by atoms with Gasteiger partial charge in [0, 0.05) is 6.20 Å². The first-order valence-corrected chi connectivity index (χ1v) is 7.67. The average molecular weight is 260 g/mol. The third kappa shape index (κ3) is 3.67. The van der Waals surface area contributed by atoms with Gasteiger partial charge in [0.05, 0.1) is 0 Å². The fourth-order valence-electron chi connectivity index (χ4n) is 1.47. The molecule has 0 aliphatic rings. The minimum Gasteiger partial charge on any atom is -0.485 e. The molecule has 94 valence electrons. The van der Waals surface area contributed by atoms with E-state index in [9.17, 15) is 0 Å². The number of benzene rings is 1. The van der Waals surface area contributed by atoms with Gasteiger partial charge in [0.25, 0.3) is 0 Å². The number of aromatic nitrogens is 1. The van der Waals surface area contributed by atoms with Crippen molar-refractivity contribution in [2.45, 2.75) is 6.61 Å². The molecule has 0 fully saturated rings. The number of nitrogens with zero attached hydrogens (tertiary/aromatic N) is 2. The molecule has 2 rings (SSSR count). The number of rotatable bonds is 4. The minimum atomic E-state index is -0.0424. The van der Waals surface area contributed by atoms with Crippen molar-refractivity contribution in [3.8, 4) is 5.75 Å². The van der Waals surface area contributed by atoms with Gasteiger partial charge in [-0.3, -0.25) is 0 Å². The van der Waals surface area contributed by atoms with Crippen LogP contribution in [0.5, 0.6) is 5.75 Å². The van der Waals surface area contributed by atoms with Crippen LogP contribution in [-0.2, 0) is 17.3 Å². The quantitative estimate of drug-likeness (QED) is 0.845. The third-order valence-electron chi connectivity index (χ3n) is 2.26. The van der Waals surface area contributed by atoms with Crippen LogP contribution in [0.3, 0.4) is 0 Å². The molecule has 0 aliphatic carbocycles. The van der Waals surface area contributed by atoms with E-state index in [1.807, 2.05) is 42.5 Å². The largest absolute Gasteiger partial charge is 0.485 e. The zero-order valence-corrected chi connectivity index (χ0v) is 11.4. The summed E-state index contributed by atoms with van der Waals surface area (Å²) in [5.41, 5.74) is 1.14. The van der Waals surface area contributed by atoms with Gasteiger partial charge in [-0.05, 0) is 30.2 Å². The summed E-state index contributed by atoms with van der Waals surface area (Å²) in [4.78, 5) is 4.25. The van der Waals surface area contributed by atoms with Crippen molar-refractivity contribution in [3.63, 3.8) is 0 Å². The van der Waals surface area contributed by atoms with Gasteiger partial charge in [-0.15, -0.1) is 0 Å². The Kier molecular flexibility index (Phi) is 4.47. The second kappa shape index (κ2) is 6.31. The molecular formula is C14H16N2OS. The summed E-state index contributed by atoms with van der Waals surface area (Å²) in [7, 11) is -0.0424. The monoisotopic (exact) mass is 260 g/mol. The molecule has 0 saturated carbocycles. The van der Waals surface area contributed by atoms with Crippen LogP contribution in [0.15, 0.2) is 53.0 Å². The second-order valence-corrected chi connectivity index (χ2v) is 5.69. The minimum absolute atomic E-state index is 0.0424. The van der Waals surface area contributed by atoms with E-state index < -0.39 is 0 Å². The fourth-order valence-corrected chi connectivity index (χ4v) is 1.95. The van der Waals surface area contributed by atoms with Gasteiger partial charge in [0.1, 0.15) is 6.61 Å². The van der Waals surface area contributed by atoms with Crippen LogP contribution in [0.1, 0.15) is 5.56 Å². The second-order valence-electron chi connectivity index (χ2n) is 3.96.